The van der Waals surface area contributed by atoms with E-state index in [-0.39, 0.29) is 5.41 Å². The maximum absolute atomic E-state index is 10.4. The van der Waals surface area contributed by atoms with Gasteiger partial charge < -0.3 is 10.4 Å². The molecule has 1 saturated heterocycles. The quantitative estimate of drug-likeness (QED) is 0.849. The lowest BCUT2D eigenvalue weighted by Crippen LogP contribution is -2.47. The average Bonchev–Trinajstić information content (AvgIpc) is 2.66. The Labute approximate surface area is 107 Å². The maximum atomic E-state index is 10.4. The molecule has 1 unspecified atom stereocenters. The zero-order valence-corrected chi connectivity index (χ0v) is 11.7. The van der Waals surface area contributed by atoms with Gasteiger partial charge in [-0.3, -0.25) is 0 Å². The van der Waals surface area contributed by atoms with E-state index in [0.29, 0.717) is 13.0 Å². The van der Waals surface area contributed by atoms with Crippen molar-refractivity contribution >= 4 is 11.3 Å². The summed E-state index contributed by atoms with van der Waals surface area (Å²) in [4.78, 5) is 4.65. The SMILES string of the molecule is CC(C)(C)c1csc(CC2(O)CCCNC2)n1. The van der Waals surface area contributed by atoms with E-state index in [0.717, 1.165) is 30.1 Å². The normalized spacial score (nSPS) is 26.1. The molecule has 0 radical (unpaired) electrons. The van der Waals surface area contributed by atoms with Gasteiger partial charge in [0.15, 0.2) is 0 Å². The average molecular weight is 254 g/mol. The summed E-state index contributed by atoms with van der Waals surface area (Å²) in [5.74, 6) is 0. The van der Waals surface area contributed by atoms with E-state index in [2.05, 4.69) is 36.5 Å². The molecule has 1 aromatic heterocycles. The van der Waals surface area contributed by atoms with Crippen molar-refractivity contribution in [2.45, 2.75) is 51.0 Å². The Balaban J connectivity index is 2.06. The number of nitrogens with one attached hydrogen (secondary N) is 1. The van der Waals surface area contributed by atoms with Crippen LogP contribution in [0.15, 0.2) is 5.38 Å². The lowest BCUT2D eigenvalue weighted by atomic mass is 9.91. The summed E-state index contributed by atoms with van der Waals surface area (Å²) < 4.78 is 0. The molecule has 4 heteroatoms. The highest BCUT2D eigenvalue weighted by Crippen LogP contribution is 2.27. The van der Waals surface area contributed by atoms with Crippen LogP contribution in [0.2, 0.25) is 0 Å². The molecule has 3 nitrogen and oxygen atoms in total. The zero-order valence-electron chi connectivity index (χ0n) is 10.9. The number of aliphatic hydroxyl groups is 1. The Bertz CT molecular complexity index is 375. The molecule has 1 aliphatic heterocycles. The van der Waals surface area contributed by atoms with E-state index in [4.69, 9.17) is 0 Å². The Morgan fingerprint density at radius 2 is 2.29 bits per heavy atom. The fourth-order valence-electron chi connectivity index (χ4n) is 2.12. The predicted octanol–water partition coefficient (Wildman–Crippen LogP) is 2.10. The molecule has 17 heavy (non-hydrogen) atoms. The molecule has 1 fully saturated rings. The highest BCUT2D eigenvalue weighted by molar-refractivity contribution is 7.09. The van der Waals surface area contributed by atoms with Gasteiger partial charge in [0, 0.05) is 23.8 Å². The van der Waals surface area contributed by atoms with Crippen molar-refractivity contribution in [3.05, 3.63) is 16.1 Å². The number of hydrogen-bond donors (Lipinski definition) is 2. The zero-order chi connectivity index (χ0) is 12.5. The summed E-state index contributed by atoms with van der Waals surface area (Å²) in [5, 5.41) is 16.9. The minimum absolute atomic E-state index is 0.0994. The Morgan fingerprint density at radius 1 is 1.53 bits per heavy atom. The Kier molecular flexibility index (Phi) is 3.57. The third-order valence-corrected chi connectivity index (χ3v) is 4.10. The molecule has 0 spiro atoms. The van der Waals surface area contributed by atoms with Crippen LogP contribution >= 0.6 is 11.3 Å². The largest absolute Gasteiger partial charge is 0.388 e. The van der Waals surface area contributed by atoms with Crippen molar-refractivity contribution in [3.8, 4) is 0 Å². The molecule has 0 amide bonds. The third kappa shape index (κ3) is 3.27. The highest BCUT2D eigenvalue weighted by Gasteiger charge is 2.31. The van der Waals surface area contributed by atoms with E-state index in [1.807, 2.05) is 0 Å². The van der Waals surface area contributed by atoms with Crippen molar-refractivity contribution in [1.29, 1.82) is 0 Å². The molecule has 1 aromatic rings. The van der Waals surface area contributed by atoms with Crippen LogP contribution in [0.4, 0.5) is 0 Å². The number of piperidine rings is 1. The first-order chi connectivity index (χ1) is 7.89. The lowest BCUT2D eigenvalue weighted by Gasteiger charge is -2.31. The lowest BCUT2D eigenvalue weighted by molar-refractivity contribution is 0.0168. The van der Waals surface area contributed by atoms with Gasteiger partial charge in [-0.25, -0.2) is 4.98 Å². The summed E-state index contributed by atoms with van der Waals surface area (Å²) in [7, 11) is 0. The molecular weight excluding hydrogens is 232 g/mol. The monoisotopic (exact) mass is 254 g/mol. The molecule has 1 atom stereocenters. The smallest absolute Gasteiger partial charge is 0.0957 e. The topological polar surface area (TPSA) is 45.1 Å². The summed E-state index contributed by atoms with van der Waals surface area (Å²) in [6, 6.07) is 0. The molecule has 2 rings (SSSR count). The predicted molar refractivity (Wildman–Crippen MR) is 71.6 cm³/mol. The summed E-state index contributed by atoms with van der Waals surface area (Å²) in [6.45, 7) is 8.22. The molecule has 0 bridgehead atoms. The van der Waals surface area contributed by atoms with Crippen LogP contribution in [0.25, 0.3) is 0 Å². The third-order valence-electron chi connectivity index (χ3n) is 3.25. The number of rotatable bonds is 2. The van der Waals surface area contributed by atoms with E-state index >= 15 is 0 Å². The Hall–Kier alpha value is -0.450. The van der Waals surface area contributed by atoms with Gasteiger partial charge in [-0.15, -0.1) is 11.3 Å². The second kappa shape index (κ2) is 4.67. The number of thiazole rings is 1. The van der Waals surface area contributed by atoms with Crippen molar-refractivity contribution in [2.24, 2.45) is 0 Å². The standard InChI is InChI=1S/C13H22N2OS/c1-12(2,3)10-8-17-11(15-10)7-13(16)5-4-6-14-9-13/h8,14,16H,4-7,9H2,1-3H3. The second-order valence-corrected chi connectivity index (χ2v) is 7.00. The molecule has 2 N–H and O–H groups in total. The molecule has 0 aliphatic carbocycles. The van der Waals surface area contributed by atoms with Crippen LogP contribution in [0.3, 0.4) is 0 Å². The first kappa shape index (κ1) is 13.0. The highest BCUT2D eigenvalue weighted by atomic mass is 32.1. The van der Waals surface area contributed by atoms with Gasteiger partial charge in [0.1, 0.15) is 0 Å². The molecule has 1 aliphatic rings. The van der Waals surface area contributed by atoms with Crippen molar-refractivity contribution < 1.29 is 5.11 Å². The summed E-state index contributed by atoms with van der Waals surface area (Å²) in [6.07, 6.45) is 2.61. The van der Waals surface area contributed by atoms with Gasteiger partial charge in [0.25, 0.3) is 0 Å². The van der Waals surface area contributed by atoms with Gasteiger partial charge in [0.2, 0.25) is 0 Å². The second-order valence-electron chi connectivity index (χ2n) is 6.06. The maximum Gasteiger partial charge on any atom is 0.0957 e. The fraction of sp³-hybridized carbons (Fsp3) is 0.769. The first-order valence-electron chi connectivity index (χ1n) is 6.27. The molecular formula is C13H22N2OS. The van der Waals surface area contributed by atoms with Gasteiger partial charge in [-0.05, 0) is 19.4 Å². The number of hydrogen-bond acceptors (Lipinski definition) is 4. The van der Waals surface area contributed by atoms with E-state index in [1.165, 1.54) is 0 Å². The number of nitrogens with zero attached hydrogens (tertiary/aromatic N) is 1. The van der Waals surface area contributed by atoms with Gasteiger partial charge in [-0.2, -0.15) is 0 Å². The molecule has 2 heterocycles. The molecule has 0 aromatic carbocycles. The number of aromatic nitrogens is 1. The van der Waals surface area contributed by atoms with Gasteiger partial charge in [-0.1, -0.05) is 20.8 Å². The van der Waals surface area contributed by atoms with Gasteiger partial charge >= 0.3 is 0 Å². The van der Waals surface area contributed by atoms with Crippen molar-refractivity contribution in [2.75, 3.05) is 13.1 Å². The van der Waals surface area contributed by atoms with Crippen molar-refractivity contribution in [3.63, 3.8) is 0 Å². The van der Waals surface area contributed by atoms with Crippen LogP contribution in [-0.2, 0) is 11.8 Å². The van der Waals surface area contributed by atoms with E-state index in [9.17, 15) is 5.11 Å². The van der Waals surface area contributed by atoms with Crippen molar-refractivity contribution in [1.82, 2.24) is 10.3 Å². The van der Waals surface area contributed by atoms with Crippen LogP contribution in [-0.4, -0.2) is 28.8 Å². The minimum atomic E-state index is -0.592. The Morgan fingerprint density at radius 3 is 2.82 bits per heavy atom. The minimum Gasteiger partial charge on any atom is -0.388 e. The molecule has 0 saturated carbocycles. The molecule has 96 valence electrons. The fourth-order valence-corrected chi connectivity index (χ4v) is 3.28. The van der Waals surface area contributed by atoms with Crippen LogP contribution in [0, 0.1) is 0 Å². The van der Waals surface area contributed by atoms with E-state index in [1.54, 1.807) is 11.3 Å². The van der Waals surface area contributed by atoms with Crippen LogP contribution in [0.1, 0.15) is 44.3 Å². The first-order valence-corrected chi connectivity index (χ1v) is 7.15. The summed E-state index contributed by atoms with van der Waals surface area (Å²) >= 11 is 1.67. The van der Waals surface area contributed by atoms with Crippen LogP contribution < -0.4 is 5.32 Å². The van der Waals surface area contributed by atoms with E-state index < -0.39 is 5.60 Å². The summed E-state index contributed by atoms with van der Waals surface area (Å²) in [5.41, 5.74) is 0.637. The number of β-amino-alcohol motifs (C(OH)–C–C–N with tert-alkyl or cyclic N) is 1. The van der Waals surface area contributed by atoms with Gasteiger partial charge in [0.05, 0.1) is 16.3 Å². The van der Waals surface area contributed by atoms with Crippen LogP contribution in [0.5, 0.6) is 0 Å².